The van der Waals surface area contributed by atoms with Gasteiger partial charge >= 0.3 is 5.97 Å². The number of aromatic carboxylic acids is 1. The van der Waals surface area contributed by atoms with E-state index >= 15 is 0 Å². The Hall–Kier alpha value is -3.84. The van der Waals surface area contributed by atoms with Gasteiger partial charge in [-0.15, -0.1) is 0 Å². The van der Waals surface area contributed by atoms with Crippen LogP contribution in [0.2, 0.25) is 0 Å². The van der Waals surface area contributed by atoms with Gasteiger partial charge in [-0.25, -0.2) is 13.2 Å². The molecule has 0 aliphatic carbocycles. The van der Waals surface area contributed by atoms with Gasteiger partial charge in [0.15, 0.2) is 0 Å². The van der Waals surface area contributed by atoms with Crippen LogP contribution in [0.4, 0.5) is 11.4 Å². The quantitative estimate of drug-likeness (QED) is 0.367. The lowest BCUT2D eigenvalue weighted by atomic mass is 10.0. The first-order valence-corrected chi connectivity index (χ1v) is 12.4. The molecule has 0 saturated heterocycles. The normalized spacial score (nSPS) is 11.4. The maximum Gasteiger partial charge on any atom is 0.335 e. The van der Waals surface area contributed by atoms with Gasteiger partial charge in [0.2, 0.25) is 0 Å². The molecule has 174 valence electrons. The molecule has 0 fully saturated rings. The third-order valence-electron chi connectivity index (χ3n) is 5.78. The third-order valence-corrected chi connectivity index (χ3v) is 7.20. The molecule has 0 bridgehead atoms. The Labute approximate surface area is 199 Å². The first-order chi connectivity index (χ1) is 16.3. The van der Waals surface area contributed by atoms with E-state index in [0.717, 1.165) is 22.2 Å². The maximum absolute atomic E-state index is 13.4. The van der Waals surface area contributed by atoms with Crippen LogP contribution in [0.1, 0.15) is 21.5 Å². The van der Waals surface area contributed by atoms with Crippen molar-refractivity contribution < 1.29 is 18.3 Å². The molecule has 0 heterocycles. The molecule has 0 unspecified atom stereocenters. The number of benzene rings is 4. The summed E-state index contributed by atoms with van der Waals surface area (Å²) in [6.45, 7) is 0. The Balaban J connectivity index is 1.61. The summed E-state index contributed by atoms with van der Waals surface area (Å²) >= 11 is 0. The van der Waals surface area contributed by atoms with Crippen molar-refractivity contribution in [2.24, 2.45) is 0 Å². The van der Waals surface area contributed by atoms with Crippen molar-refractivity contribution in [3.63, 3.8) is 0 Å². The second kappa shape index (κ2) is 9.57. The second-order valence-corrected chi connectivity index (χ2v) is 9.94. The fourth-order valence-corrected chi connectivity index (χ4v) is 5.34. The zero-order valence-electron chi connectivity index (χ0n) is 19.0. The number of nitrogens with one attached hydrogen (secondary N) is 1. The summed E-state index contributed by atoms with van der Waals surface area (Å²) in [7, 11) is 0.0237. The smallest absolute Gasteiger partial charge is 0.335 e. The highest BCUT2D eigenvalue weighted by atomic mass is 32.2. The first kappa shape index (κ1) is 23.3. The molecular formula is C27H26N2O4S. The van der Waals surface area contributed by atoms with Crippen molar-refractivity contribution in [3.8, 4) is 0 Å². The van der Waals surface area contributed by atoms with Crippen molar-refractivity contribution in [2.45, 2.75) is 17.7 Å². The summed E-state index contributed by atoms with van der Waals surface area (Å²) in [6.07, 6.45) is 1.25. The standard InChI is InChI=1S/C27H26N2O4S/c1-29(2)25-11-5-9-23-22(25)8-6-12-26(23)34(32,33)28-24-10-4-3-7-20(24)16-13-19-14-17-21(18-15-19)27(30)31/h3-12,14-15,17-18,28H,13,16H2,1-2H3,(H,30,31). The van der Waals surface area contributed by atoms with Crippen LogP contribution in [0.5, 0.6) is 0 Å². The highest BCUT2D eigenvalue weighted by Crippen LogP contribution is 2.31. The monoisotopic (exact) mass is 474 g/mol. The summed E-state index contributed by atoms with van der Waals surface area (Å²) in [4.78, 5) is 13.2. The lowest BCUT2D eigenvalue weighted by molar-refractivity contribution is 0.0697. The predicted molar refractivity (Wildman–Crippen MR) is 136 cm³/mol. The molecule has 2 N–H and O–H groups in total. The summed E-state index contributed by atoms with van der Waals surface area (Å²) in [5.74, 6) is -0.961. The van der Waals surface area contributed by atoms with Crippen LogP contribution in [0, 0.1) is 0 Å². The van der Waals surface area contributed by atoms with Gasteiger partial charge in [-0.2, -0.15) is 0 Å². The molecule has 4 aromatic carbocycles. The van der Waals surface area contributed by atoms with E-state index < -0.39 is 16.0 Å². The fourth-order valence-electron chi connectivity index (χ4n) is 4.02. The summed E-state index contributed by atoms with van der Waals surface area (Å²) < 4.78 is 29.7. The molecule has 6 nitrogen and oxygen atoms in total. The molecule has 0 radical (unpaired) electrons. The highest BCUT2D eigenvalue weighted by Gasteiger charge is 2.20. The van der Waals surface area contributed by atoms with Gasteiger partial charge in [-0.3, -0.25) is 4.72 Å². The lowest BCUT2D eigenvalue weighted by Gasteiger charge is -2.18. The predicted octanol–water partition coefficient (Wildman–Crippen LogP) is 5.19. The molecule has 0 aromatic heterocycles. The molecule has 7 heteroatoms. The molecule has 0 aliphatic heterocycles. The number of para-hydroxylation sites is 1. The Morgan fingerprint density at radius 3 is 2.21 bits per heavy atom. The van der Waals surface area contributed by atoms with Crippen LogP contribution < -0.4 is 9.62 Å². The Morgan fingerprint density at radius 2 is 1.50 bits per heavy atom. The molecule has 0 aliphatic rings. The fraction of sp³-hybridized carbons (Fsp3) is 0.148. The largest absolute Gasteiger partial charge is 0.478 e. The van der Waals surface area contributed by atoms with Crippen molar-refractivity contribution in [1.29, 1.82) is 0 Å². The van der Waals surface area contributed by atoms with Gasteiger partial charge < -0.3 is 10.0 Å². The SMILES string of the molecule is CN(C)c1cccc2c(S(=O)(=O)Nc3ccccc3CCc3ccc(C(=O)O)cc3)cccc12. The van der Waals surface area contributed by atoms with Crippen LogP contribution in [-0.4, -0.2) is 33.6 Å². The minimum Gasteiger partial charge on any atom is -0.478 e. The average Bonchev–Trinajstić information content (AvgIpc) is 2.82. The summed E-state index contributed by atoms with van der Waals surface area (Å²) in [5, 5.41) is 10.6. The maximum atomic E-state index is 13.4. The number of aryl methyl sites for hydroxylation is 2. The molecule has 0 amide bonds. The van der Waals surface area contributed by atoms with Gasteiger partial charge in [0, 0.05) is 30.6 Å². The third kappa shape index (κ3) is 4.89. The average molecular weight is 475 g/mol. The summed E-state index contributed by atoms with van der Waals surface area (Å²) in [6, 6.07) is 25.0. The van der Waals surface area contributed by atoms with Gasteiger partial charge in [0.25, 0.3) is 10.0 Å². The molecule has 0 spiro atoms. The highest BCUT2D eigenvalue weighted by molar-refractivity contribution is 7.93. The number of nitrogens with zero attached hydrogens (tertiary/aromatic N) is 1. The van der Waals surface area contributed by atoms with Crippen molar-refractivity contribution in [1.82, 2.24) is 0 Å². The van der Waals surface area contributed by atoms with Crippen LogP contribution in [-0.2, 0) is 22.9 Å². The van der Waals surface area contributed by atoms with E-state index in [2.05, 4.69) is 4.72 Å². The van der Waals surface area contributed by atoms with Crippen LogP contribution >= 0.6 is 0 Å². The minimum absolute atomic E-state index is 0.229. The molecule has 0 atom stereocenters. The molecule has 0 saturated carbocycles. The lowest BCUT2D eigenvalue weighted by Crippen LogP contribution is -2.15. The van der Waals surface area contributed by atoms with Crippen molar-refractivity contribution >= 4 is 38.1 Å². The molecule has 34 heavy (non-hydrogen) atoms. The number of anilines is 2. The number of fused-ring (bicyclic) bond motifs is 1. The zero-order valence-corrected chi connectivity index (χ0v) is 19.8. The zero-order chi connectivity index (χ0) is 24.3. The van der Waals surface area contributed by atoms with Gasteiger partial charge in [0.05, 0.1) is 16.1 Å². The topological polar surface area (TPSA) is 86.7 Å². The van der Waals surface area contributed by atoms with E-state index in [1.54, 1.807) is 48.5 Å². The number of rotatable bonds is 8. The van der Waals surface area contributed by atoms with E-state index in [4.69, 9.17) is 5.11 Å². The van der Waals surface area contributed by atoms with Crippen LogP contribution in [0.15, 0.2) is 89.8 Å². The molecule has 4 aromatic rings. The van der Waals surface area contributed by atoms with E-state index in [9.17, 15) is 13.2 Å². The van der Waals surface area contributed by atoms with E-state index in [0.29, 0.717) is 23.9 Å². The van der Waals surface area contributed by atoms with Crippen LogP contribution in [0.3, 0.4) is 0 Å². The summed E-state index contributed by atoms with van der Waals surface area (Å²) in [5.41, 5.74) is 3.56. The number of hydrogen-bond acceptors (Lipinski definition) is 4. The van der Waals surface area contributed by atoms with Gasteiger partial charge in [-0.1, -0.05) is 54.6 Å². The van der Waals surface area contributed by atoms with E-state index in [-0.39, 0.29) is 10.5 Å². The Kier molecular flexibility index (Phi) is 6.56. The van der Waals surface area contributed by atoms with Crippen molar-refractivity contribution in [3.05, 3.63) is 102 Å². The number of carboxylic acids is 1. The Bertz CT molecular complexity index is 1450. The number of hydrogen-bond donors (Lipinski definition) is 2. The Morgan fingerprint density at radius 1 is 0.824 bits per heavy atom. The first-order valence-electron chi connectivity index (χ1n) is 10.9. The van der Waals surface area contributed by atoms with E-state index in [1.807, 2.05) is 55.4 Å². The molecular weight excluding hydrogens is 448 g/mol. The van der Waals surface area contributed by atoms with Crippen molar-refractivity contribution in [2.75, 3.05) is 23.7 Å². The van der Waals surface area contributed by atoms with Crippen LogP contribution in [0.25, 0.3) is 10.8 Å². The van der Waals surface area contributed by atoms with E-state index in [1.165, 1.54) is 0 Å². The second-order valence-electron chi connectivity index (χ2n) is 8.29. The minimum atomic E-state index is -3.84. The number of carbonyl (C=O) groups is 1. The molecule has 4 rings (SSSR count). The van der Waals surface area contributed by atoms with Gasteiger partial charge in [0.1, 0.15) is 0 Å². The number of sulfonamides is 1. The number of carboxylic acid groups (broad SMARTS) is 1. The van der Waals surface area contributed by atoms with Gasteiger partial charge in [-0.05, 0) is 54.3 Å².